The first-order valence-corrected chi connectivity index (χ1v) is 5.24. The lowest BCUT2D eigenvalue weighted by Gasteiger charge is -2.13. The number of alkyl halides is 3. The van der Waals surface area contributed by atoms with E-state index in [-0.39, 0.29) is 10.2 Å². The van der Waals surface area contributed by atoms with E-state index in [9.17, 15) is 13.2 Å². The summed E-state index contributed by atoms with van der Waals surface area (Å²) in [6, 6.07) is 4.04. The number of hydrogen-bond donors (Lipinski definition) is 1. The maximum absolute atomic E-state index is 12.5. The highest BCUT2D eigenvalue weighted by Gasteiger charge is 2.33. The average Bonchev–Trinajstić information content (AvgIpc) is 2.15. The molecule has 0 unspecified atom stereocenters. The number of aliphatic hydroxyl groups excluding tert-OH is 1. The van der Waals surface area contributed by atoms with Crippen LogP contribution in [0.5, 0.6) is 0 Å². The standard InChI is InChI=1S/C10H9F3IO/c1-6(5-15)7-2-3-9(14)8(4-7)10(11,12)13/h2-4,15H,5H2,1H3. The minimum Gasteiger partial charge on any atom is -0.395 e. The molecule has 15 heavy (non-hydrogen) atoms. The quantitative estimate of drug-likeness (QED) is 0.826. The molecule has 0 aliphatic carbocycles. The van der Waals surface area contributed by atoms with Crippen molar-refractivity contribution in [1.82, 2.24) is 0 Å². The van der Waals surface area contributed by atoms with Crippen LogP contribution in [0.2, 0.25) is 0 Å². The molecule has 1 aromatic carbocycles. The van der Waals surface area contributed by atoms with E-state index in [0.29, 0.717) is 11.5 Å². The zero-order valence-electron chi connectivity index (χ0n) is 7.90. The van der Waals surface area contributed by atoms with Gasteiger partial charge in [0.2, 0.25) is 0 Å². The fraction of sp³-hybridized carbons (Fsp3) is 0.300. The van der Waals surface area contributed by atoms with Crippen LogP contribution in [0.3, 0.4) is 0 Å². The molecule has 5 heteroatoms. The van der Waals surface area contributed by atoms with Gasteiger partial charge in [0, 0.05) is 9.49 Å². The molecule has 0 atom stereocenters. The van der Waals surface area contributed by atoms with Crippen LogP contribution < -0.4 is 0 Å². The van der Waals surface area contributed by atoms with Crippen LogP contribution in [0, 0.1) is 9.49 Å². The summed E-state index contributed by atoms with van der Waals surface area (Å²) in [5.74, 6) is 0.525. The van der Waals surface area contributed by atoms with E-state index in [1.165, 1.54) is 6.07 Å². The third kappa shape index (κ3) is 3.07. The Morgan fingerprint density at radius 3 is 2.47 bits per heavy atom. The SMILES string of the molecule is C[C](CO)c1ccc(I)c(C(F)(F)F)c1. The van der Waals surface area contributed by atoms with Gasteiger partial charge >= 0.3 is 6.18 Å². The van der Waals surface area contributed by atoms with Crippen molar-refractivity contribution in [3.05, 3.63) is 38.8 Å². The molecule has 0 heterocycles. The molecule has 0 amide bonds. The van der Waals surface area contributed by atoms with Crippen molar-refractivity contribution in [2.45, 2.75) is 13.1 Å². The number of aliphatic hydroxyl groups is 1. The van der Waals surface area contributed by atoms with Crippen molar-refractivity contribution in [3.63, 3.8) is 0 Å². The van der Waals surface area contributed by atoms with Gasteiger partial charge in [-0.1, -0.05) is 13.0 Å². The lowest BCUT2D eigenvalue weighted by atomic mass is 10.00. The summed E-state index contributed by atoms with van der Waals surface area (Å²) in [7, 11) is 0. The molecule has 1 N–H and O–H groups in total. The first-order valence-electron chi connectivity index (χ1n) is 4.16. The summed E-state index contributed by atoms with van der Waals surface area (Å²) in [5.41, 5.74) is -0.237. The van der Waals surface area contributed by atoms with Crippen molar-refractivity contribution < 1.29 is 18.3 Å². The van der Waals surface area contributed by atoms with Crippen LogP contribution in [0.25, 0.3) is 0 Å². The Morgan fingerprint density at radius 2 is 2.00 bits per heavy atom. The van der Waals surface area contributed by atoms with Crippen LogP contribution >= 0.6 is 22.6 Å². The van der Waals surface area contributed by atoms with Gasteiger partial charge in [0.15, 0.2) is 0 Å². The normalized spacial score (nSPS) is 12.2. The Hall–Kier alpha value is -0.300. The number of benzene rings is 1. The fourth-order valence-electron chi connectivity index (χ4n) is 1.10. The maximum atomic E-state index is 12.5. The highest BCUT2D eigenvalue weighted by Crippen LogP contribution is 2.34. The van der Waals surface area contributed by atoms with Crippen molar-refractivity contribution in [3.8, 4) is 0 Å². The van der Waals surface area contributed by atoms with Crippen molar-refractivity contribution >= 4 is 22.6 Å². The number of rotatable bonds is 2. The minimum absolute atomic E-state index is 0.162. The van der Waals surface area contributed by atoms with E-state index in [1.54, 1.807) is 35.6 Å². The highest BCUT2D eigenvalue weighted by atomic mass is 127. The van der Waals surface area contributed by atoms with E-state index in [4.69, 9.17) is 5.11 Å². The molecule has 1 aromatic rings. The molecular weight excluding hydrogens is 320 g/mol. The summed E-state index contributed by atoms with van der Waals surface area (Å²) in [4.78, 5) is 0. The van der Waals surface area contributed by atoms with Crippen molar-refractivity contribution in [2.75, 3.05) is 6.61 Å². The lowest BCUT2D eigenvalue weighted by Crippen LogP contribution is -2.10. The van der Waals surface area contributed by atoms with E-state index >= 15 is 0 Å². The molecule has 0 aliphatic rings. The van der Waals surface area contributed by atoms with E-state index in [0.717, 1.165) is 6.07 Å². The molecule has 0 aliphatic heterocycles. The smallest absolute Gasteiger partial charge is 0.395 e. The molecule has 0 saturated carbocycles. The Bertz CT molecular complexity index is 349. The van der Waals surface area contributed by atoms with Gasteiger partial charge in [0.1, 0.15) is 0 Å². The van der Waals surface area contributed by atoms with Crippen LogP contribution in [-0.2, 0) is 6.18 Å². The van der Waals surface area contributed by atoms with Gasteiger partial charge in [-0.15, -0.1) is 0 Å². The molecule has 0 saturated heterocycles. The largest absolute Gasteiger partial charge is 0.417 e. The zero-order valence-corrected chi connectivity index (χ0v) is 10.1. The third-order valence-corrected chi connectivity index (χ3v) is 2.94. The third-order valence-electron chi connectivity index (χ3n) is 2.00. The maximum Gasteiger partial charge on any atom is 0.417 e. The molecule has 1 rings (SSSR count). The first kappa shape index (κ1) is 12.8. The van der Waals surface area contributed by atoms with Crippen molar-refractivity contribution in [1.29, 1.82) is 0 Å². The Morgan fingerprint density at radius 1 is 1.40 bits per heavy atom. The average molecular weight is 329 g/mol. The van der Waals surface area contributed by atoms with Gasteiger partial charge in [-0.2, -0.15) is 13.2 Å². The van der Waals surface area contributed by atoms with Gasteiger partial charge in [-0.25, -0.2) is 0 Å². The second kappa shape index (κ2) is 4.69. The monoisotopic (exact) mass is 329 g/mol. The van der Waals surface area contributed by atoms with Crippen LogP contribution in [0.15, 0.2) is 18.2 Å². The Balaban J connectivity index is 3.17. The van der Waals surface area contributed by atoms with Gasteiger partial charge in [-0.3, -0.25) is 0 Å². The summed E-state index contributed by atoms with van der Waals surface area (Å²) >= 11 is 1.65. The van der Waals surface area contributed by atoms with Gasteiger partial charge in [0.05, 0.1) is 12.2 Å². The minimum atomic E-state index is -4.34. The second-order valence-corrected chi connectivity index (χ2v) is 4.29. The molecule has 1 radical (unpaired) electrons. The van der Waals surface area contributed by atoms with Gasteiger partial charge in [0.25, 0.3) is 0 Å². The van der Waals surface area contributed by atoms with Crippen LogP contribution in [0.4, 0.5) is 13.2 Å². The topological polar surface area (TPSA) is 20.2 Å². The lowest BCUT2D eigenvalue weighted by molar-refractivity contribution is -0.138. The predicted molar refractivity (Wildman–Crippen MR) is 59.3 cm³/mol. The van der Waals surface area contributed by atoms with E-state index in [1.807, 2.05) is 0 Å². The number of hydrogen-bond acceptors (Lipinski definition) is 1. The zero-order chi connectivity index (χ0) is 11.6. The van der Waals surface area contributed by atoms with Gasteiger partial charge < -0.3 is 5.11 Å². The summed E-state index contributed by atoms with van der Waals surface area (Å²) in [6.45, 7) is 1.36. The highest BCUT2D eigenvalue weighted by molar-refractivity contribution is 14.1. The molecule has 83 valence electrons. The Labute approximate surface area is 99.4 Å². The van der Waals surface area contributed by atoms with Crippen molar-refractivity contribution in [2.24, 2.45) is 0 Å². The van der Waals surface area contributed by atoms with E-state index in [2.05, 4.69) is 0 Å². The summed E-state index contributed by atoms with van der Waals surface area (Å²) in [6.07, 6.45) is -4.34. The van der Waals surface area contributed by atoms with Crippen LogP contribution in [-0.4, -0.2) is 11.7 Å². The molecule has 0 aromatic heterocycles. The second-order valence-electron chi connectivity index (χ2n) is 3.13. The van der Waals surface area contributed by atoms with Gasteiger partial charge in [-0.05, 0) is 40.3 Å². The summed E-state index contributed by atoms with van der Waals surface area (Å²) < 4.78 is 37.7. The fourth-order valence-corrected chi connectivity index (χ4v) is 1.74. The molecule has 0 bridgehead atoms. The molecule has 1 nitrogen and oxygen atoms in total. The first-order chi connectivity index (χ1) is 6.86. The number of halogens is 4. The summed E-state index contributed by atoms with van der Waals surface area (Å²) in [5, 5.41) is 8.83. The van der Waals surface area contributed by atoms with E-state index < -0.39 is 11.7 Å². The predicted octanol–water partition coefficient (Wildman–Crippen LogP) is 3.24. The van der Waals surface area contributed by atoms with Crippen LogP contribution in [0.1, 0.15) is 18.1 Å². The molecular formula is C10H9F3IO. The Kier molecular flexibility index (Phi) is 3.99. The molecule has 0 fully saturated rings. The molecule has 0 spiro atoms.